The Hall–Kier alpha value is -1.20. The molecule has 0 saturated carbocycles. The molecule has 1 aliphatic heterocycles. The van der Waals surface area contributed by atoms with Crippen molar-refractivity contribution in [2.45, 2.75) is 32.8 Å². The lowest BCUT2D eigenvalue weighted by atomic mass is 10.0. The molecular formula is C17H22BrNO2S. The summed E-state index contributed by atoms with van der Waals surface area (Å²) in [6, 6.07) is 0. The van der Waals surface area contributed by atoms with Crippen LogP contribution < -0.4 is 5.73 Å². The molecule has 0 aromatic rings. The average molecular weight is 384 g/mol. The van der Waals surface area contributed by atoms with Crippen molar-refractivity contribution in [1.82, 2.24) is 0 Å². The van der Waals surface area contributed by atoms with E-state index in [-0.39, 0.29) is 5.97 Å². The molecular weight excluding hydrogens is 362 g/mol. The van der Waals surface area contributed by atoms with E-state index < -0.39 is 5.60 Å². The van der Waals surface area contributed by atoms with E-state index in [1.165, 1.54) is 11.8 Å². The van der Waals surface area contributed by atoms with Gasteiger partial charge >= 0.3 is 5.97 Å². The molecule has 1 rings (SSSR count). The Kier molecular flexibility index (Phi) is 7.23. The van der Waals surface area contributed by atoms with E-state index in [0.717, 1.165) is 15.8 Å². The highest BCUT2D eigenvalue weighted by atomic mass is 79.9. The lowest BCUT2D eigenvalue weighted by Gasteiger charge is -2.23. The molecule has 1 aliphatic rings. The first kappa shape index (κ1) is 18.8. The molecule has 0 bridgehead atoms. The lowest BCUT2D eigenvalue weighted by Crippen LogP contribution is -2.27. The minimum absolute atomic E-state index is 0.363. The molecule has 0 aliphatic carbocycles. The van der Waals surface area contributed by atoms with E-state index in [2.05, 4.69) is 22.5 Å². The standard InChI is InChI=1S/C17H22BrNO2S/c1-5-7-13(18)9-6-8-12-10-11-22-15(19)14(12)16(20)21-17(2,3)4/h5-7,9-10H,1,8,11,19H2,2-4H3/b9-6-,13-7+. The maximum Gasteiger partial charge on any atom is 0.341 e. The van der Waals surface area contributed by atoms with Crippen molar-refractivity contribution >= 4 is 33.7 Å². The highest BCUT2D eigenvalue weighted by Crippen LogP contribution is 2.31. The maximum absolute atomic E-state index is 12.4. The van der Waals surface area contributed by atoms with Crippen molar-refractivity contribution in [3.8, 4) is 0 Å². The molecule has 0 spiro atoms. The molecule has 22 heavy (non-hydrogen) atoms. The number of thioether (sulfide) groups is 1. The first-order valence-corrected chi connectivity index (χ1v) is 8.72. The number of ether oxygens (including phenoxy) is 1. The normalized spacial score (nSPS) is 16.7. The fourth-order valence-corrected chi connectivity index (χ4v) is 2.97. The summed E-state index contributed by atoms with van der Waals surface area (Å²) in [6.07, 6.45) is 10.1. The fraction of sp³-hybridized carbons (Fsp3) is 0.353. The lowest BCUT2D eigenvalue weighted by molar-refractivity contribution is -0.149. The zero-order valence-corrected chi connectivity index (χ0v) is 15.6. The average Bonchev–Trinajstić information content (AvgIpc) is 2.36. The number of nitrogens with two attached hydrogens (primary N) is 1. The van der Waals surface area contributed by atoms with Gasteiger partial charge in [0.15, 0.2) is 0 Å². The number of hydrogen-bond donors (Lipinski definition) is 1. The molecule has 5 heteroatoms. The van der Waals surface area contributed by atoms with Gasteiger partial charge in [-0.25, -0.2) is 4.79 Å². The highest BCUT2D eigenvalue weighted by Gasteiger charge is 2.26. The Labute approximate surface area is 145 Å². The van der Waals surface area contributed by atoms with Gasteiger partial charge < -0.3 is 10.5 Å². The van der Waals surface area contributed by atoms with E-state index in [1.54, 1.807) is 6.08 Å². The highest BCUT2D eigenvalue weighted by molar-refractivity contribution is 9.11. The molecule has 120 valence electrons. The van der Waals surface area contributed by atoms with Crippen molar-refractivity contribution in [3.05, 3.63) is 57.6 Å². The van der Waals surface area contributed by atoms with E-state index in [9.17, 15) is 4.79 Å². The molecule has 0 saturated heterocycles. The van der Waals surface area contributed by atoms with Crippen LogP contribution in [0, 0.1) is 0 Å². The Morgan fingerprint density at radius 2 is 2.23 bits per heavy atom. The summed E-state index contributed by atoms with van der Waals surface area (Å²) in [7, 11) is 0. The van der Waals surface area contributed by atoms with Gasteiger partial charge in [-0.1, -0.05) is 46.8 Å². The number of hydrogen-bond acceptors (Lipinski definition) is 4. The zero-order chi connectivity index (χ0) is 16.8. The van der Waals surface area contributed by atoms with Crippen LogP contribution in [0.2, 0.25) is 0 Å². The van der Waals surface area contributed by atoms with E-state index in [1.807, 2.05) is 45.1 Å². The number of carbonyl (C=O) groups is 1. The third-order valence-corrected chi connectivity index (χ3v) is 4.01. The smallest absolute Gasteiger partial charge is 0.341 e. The summed E-state index contributed by atoms with van der Waals surface area (Å²) in [5, 5.41) is 0.529. The van der Waals surface area contributed by atoms with Crippen LogP contribution in [-0.4, -0.2) is 17.3 Å². The number of esters is 1. The zero-order valence-electron chi connectivity index (χ0n) is 13.2. The molecule has 0 fully saturated rings. The van der Waals surface area contributed by atoms with E-state index in [0.29, 0.717) is 17.0 Å². The summed E-state index contributed by atoms with van der Waals surface area (Å²) in [6.45, 7) is 9.17. The summed E-state index contributed by atoms with van der Waals surface area (Å²) in [5.74, 6) is 0.405. The predicted molar refractivity (Wildman–Crippen MR) is 98.6 cm³/mol. The number of allylic oxidation sites excluding steroid dienone is 5. The summed E-state index contributed by atoms with van der Waals surface area (Å²) in [5.41, 5.74) is 6.86. The van der Waals surface area contributed by atoms with Crippen LogP contribution in [0.3, 0.4) is 0 Å². The summed E-state index contributed by atoms with van der Waals surface area (Å²) >= 11 is 4.86. The van der Waals surface area contributed by atoms with Crippen LogP contribution in [0.5, 0.6) is 0 Å². The van der Waals surface area contributed by atoms with Crippen molar-refractivity contribution < 1.29 is 9.53 Å². The second-order valence-corrected chi connectivity index (χ2v) is 7.65. The van der Waals surface area contributed by atoms with Gasteiger partial charge in [0.1, 0.15) is 5.60 Å². The Morgan fingerprint density at radius 1 is 1.55 bits per heavy atom. The van der Waals surface area contributed by atoms with E-state index in [4.69, 9.17) is 10.5 Å². The molecule has 0 atom stereocenters. The predicted octanol–water partition coefficient (Wildman–Crippen LogP) is 4.58. The second kappa shape index (κ2) is 8.44. The third-order valence-electron chi connectivity index (χ3n) is 2.63. The fourth-order valence-electron chi connectivity index (χ4n) is 1.78. The molecule has 0 unspecified atom stereocenters. The van der Waals surface area contributed by atoms with Gasteiger partial charge in [-0.15, -0.1) is 11.8 Å². The van der Waals surface area contributed by atoms with E-state index >= 15 is 0 Å². The van der Waals surface area contributed by atoms with Gasteiger partial charge in [-0.2, -0.15) is 0 Å². The quantitative estimate of drug-likeness (QED) is 0.557. The molecule has 0 amide bonds. The molecule has 3 nitrogen and oxygen atoms in total. The Bertz CT molecular complexity index is 566. The maximum atomic E-state index is 12.4. The van der Waals surface area contributed by atoms with Crippen LogP contribution >= 0.6 is 27.7 Å². The van der Waals surface area contributed by atoms with Crippen molar-refractivity contribution in [1.29, 1.82) is 0 Å². The topological polar surface area (TPSA) is 52.3 Å². The first-order chi connectivity index (χ1) is 10.2. The molecule has 2 N–H and O–H groups in total. The van der Waals surface area contributed by atoms with Gasteiger partial charge in [0.05, 0.1) is 10.6 Å². The number of carbonyl (C=O) groups excluding carboxylic acids is 1. The Balaban J connectivity index is 2.89. The molecule has 0 aromatic carbocycles. The first-order valence-electron chi connectivity index (χ1n) is 6.94. The van der Waals surface area contributed by atoms with Crippen LogP contribution in [0.4, 0.5) is 0 Å². The van der Waals surface area contributed by atoms with Crippen molar-refractivity contribution in [2.24, 2.45) is 5.73 Å². The van der Waals surface area contributed by atoms with Gasteiger partial charge in [-0.3, -0.25) is 0 Å². The van der Waals surface area contributed by atoms with Crippen molar-refractivity contribution in [2.75, 3.05) is 5.75 Å². The number of halogens is 1. The van der Waals surface area contributed by atoms with Crippen LogP contribution in [0.15, 0.2) is 57.6 Å². The Morgan fingerprint density at radius 3 is 2.82 bits per heavy atom. The van der Waals surface area contributed by atoms with Gasteiger partial charge in [0.2, 0.25) is 0 Å². The minimum atomic E-state index is -0.539. The minimum Gasteiger partial charge on any atom is -0.456 e. The largest absolute Gasteiger partial charge is 0.456 e. The number of rotatable bonds is 5. The molecule has 1 heterocycles. The van der Waals surface area contributed by atoms with Gasteiger partial charge in [0.25, 0.3) is 0 Å². The third kappa shape index (κ3) is 6.28. The molecule has 0 radical (unpaired) electrons. The van der Waals surface area contributed by atoms with Gasteiger partial charge in [0, 0.05) is 10.2 Å². The van der Waals surface area contributed by atoms with Crippen LogP contribution in [0.1, 0.15) is 27.2 Å². The second-order valence-electron chi connectivity index (χ2n) is 5.68. The summed E-state index contributed by atoms with van der Waals surface area (Å²) in [4.78, 5) is 12.4. The SMILES string of the molecule is C=C/C=C(Br)\C=C/CC1=CCSC(N)=C1C(=O)OC(C)(C)C. The van der Waals surface area contributed by atoms with Crippen LogP contribution in [-0.2, 0) is 9.53 Å². The molecule has 0 aromatic heterocycles. The summed E-state index contributed by atoms with van der Waals surface area (Å²) < 4.78 is 6.38. The van der Waals surface area contributed by atoms with Crippen molar-refractivity contribution in [3.63, 3.8) is 0 Å². The van der Waals surface area contributed by atoms with Gasteiger partial charge in [-0.05, 0) is 38.8 Å². The van der Waals surface area contributed by atoms with Crippen LogP contribution in [0.25, 0.3) is 0 Å². The monoisotopic (exact) mass is 383 g/mol.